The van der Waals surface area contributed by atoms with E-state index >= 15 is 0 Å². The lowest BCUT2D eigenvalue weighted by Gasteiger charge is -2.26. The lowest BCUT2D eigenvalue weighted by Crippen LogP contribution is -2.32. The zero-order valence-electron chi connectivity index (χ0n) is 20.8. The van der Waals surface area contributed by atoms with E-state index in [4.69, 9.17) is 32.5 Å². The number of halogens is 2. The average molecular weight is 523 g/mol. The van der Waals surface area contributed by atoms with Gasteiger partial charge in [-0.3, -0.25) is 0 Å². The van der Waals surface area contributed by atoms with E-state index in [1.807, 2.05) is 26.0 Å². The molecule has 0 unspecified atom stereocenters. The first-order valence-corrected chi connectivity index (χ1v) is 12.9. The summed E-state index contributed by atoms with van der Waals surface area (Å²) in [6.07, 6.45) is 3.88. The van der Waals surface area contributed by atoms with Crippen molar-refractivity contribution in [2.24, 2.45) is 11.3 Å². The van der Waals surface area contributed by atoms with Gasteiger partial charge in [-0.25, -0.2) is 19.3 Å². The summed E-state index contributed by atoms with van der Waals surface area (Å²) in [6.45, 7) is 6.00. The number of benzene rings is 1. The highest BCUT2D eigenvalue weighted by atomic mass is 35.5. The van der Waals surface area contributed by atoms with Gasteiger partial charge in [0.15, 0.2) is 5.79 Å². The summed E-state index contributed by atoms with van der Waals surface area (Å²) >= 11 is 6.06. The maximum Gasteiger partial charge on any atom is 0.163 e. The molecule has 0 bridgehead atoms. The van der Waals surface area contributed by atoms with Crippen molar-refractivity contribution < 1.29 is 13.9 Å². The molecule has 2 saturated carbocycles. The number of aromatic nitrogens is 4. The minimum atomic E-state index is -0.686. The molecule has 3 aliphatic rings. The predicted octanol–water partition coefficient (Wildman–Crippen LogP) is 4.96. The maximum absolute atomic E-state index is 14.9. The quantitative estimate of drug-likeness (QED) is 0.389. The molecule has 1 aromatic carbocycles. The van der Waals surface area contributed by atoms with Gasteiger partial charge in [0.2, 0.25) is 0 Å². The van der Waals surface area contributed by atoms with Gasteiger partial charge in [0.25, 0.3) is 0 Å². The summed E-state index contributed by atoms with van der Waals surface area (Å²) < 4.78 is 30.3. The summed E-state index contributed by atoms with van der Waals surface area (Å²) in [7, 11) is 0. The number of rotatable bonds is 4. The molecule has 3 aromatic heterocycles. The molecular formula is C27H28ClFN6O2. The van der Waals surface area contributed by atoms with E-state index in [1.165, 1.54) is 12.4 Å². The standard InChI is InChI=1S/C27H28ClFN6O2/c1-12-6-15-23(30)32-11-33-25(15)35(12)20-16-10-27(16,22-21(20)36-26(2,3)37-22)5-4-13-7-18(29)14-9-17(28)24(31)34-19(14)8-13/h6-9,11,16,20-22H,4-5,10H2,1-3H3,(H2,31,34)(H2,30,32,33)/t16-,20-,21+,22+,27+/m1/s1. The van der Waals surface area contributed by atoms with Crippen molar-refractivity contribution in [1.82, 2.24) is 19.5 Å². The number of fused-ring (bicyclic) bond motifs is 5. The van der Waals surface area contributed by atoms with Gasteiger partial charge in [0.05, 0.1) is 28.1 Å². The Morgan fingerprint density at radius 1 is 1.11 bits per heavy atom. The van der Waals surface area contributed by atoms with Gasteiger partial charge in [0, 0.05) is 16.5 Å². The molecule has 37 heavy (non-hydrogen) atoms. The fraction of sp³-hybridized carbons (Fsp3) is 0.444. The fourth-order valence-electron chi connectivity index (χ4n) is 6.96. The van der Waals surface area contributed by atoms with Crippen LogP contribution in [0.15, 0.2) is 30.6 Å². The highest BCUT2D eigenvalue weighted by molar-refractivity contribution is 6.33. The maximum atomic E-state index is 14.9. The molecule has 0 spiro atoms. The predicted molar refractivity (Wildman–Crippen MR) is 140 cm³/mol. The van der Waals surface area contributed by atoms with Crippen LogP contribution in [0, 0.1) is 24.1 Å². The monoisotopic (exact) mass is 522 g/mol. The van der Waals surface area contributed by atoms with Gasteiger partial charge in [0.1, 0.15) is 35.5 Å². The van der Waals surface area contributed by atoms with Gasteiger partial charge in [-0.2, -0.15) is 0 Å². The van der Waals surface area contributed by atoms with Crippen molar-refractivity contribution >= 4 is 45.2 Å². The van der Waals surface area contributed by atoms with Crippen LogP contribution in [0.3, 0.4) is 0 Å². The summed E-state index contributed by atoms with van der Waals surface area (Å²) in [5.74, 6) is -0.00890. The van der Waals surface area contributed by atoms with Crippen molar-refractivity contribution in [2.45, 2.75) is 64.1 Å². The number of nitrogens with two attached hydrogens (primary N) is 2. The van der Waals surface area contributed by atoms with Gasteiger partial charge < -0.3 is 25.5 Å². The van der Waals surface area contributed by atoms with E-state index < -0.39 is 5.79 Å². The van der Waals surface area contributed by atoms with Crippen LogP contribution in [0.1, 0.15) is 44.0 Å². The number of nitrogen functional groups attached to an aromatic ring is 2. The molecule has 7 rings (SSSR count). The third-order valence-electron chi connectivity index (χ3n) is 8.58. The molecule has 10 heteroatoms. The fourth-order valence-corrected chi connectivity index (χ4v) is 7.11. The van der Waals surface area contributed by atoms with Crippen LogP contribution in [-0.4, -0.2) is 37.5 Å². The van der Waals surface area contributed by atoms with Crippen LogP contribution in [-0.2, 0) is 15.9 Å². The van der Waals surface area contributed by atoms with Crippen LogP contribution in [0.25, 0.3) is 21.9 Å². The lowest BCUT2D eigenvalue weighted by atomic mass is 9.91. The Bertz CT molecular complexity index is 1610. The highest BCUT2D eigenvalue weighted by Crippen LogP contribution is 2.73. The van der Waals surface area contributed by atoms with Crippen molar-refractivity contribution in [3.63, 3.8) is 0 Å². The number of nitrogens with zero attached hydrogens (tertiary/aromatic N) is 4. The Morgan fingerprint density at radius 3 is 2.73 bits per heavy atom. The highest BCUT2D eigenvalue weighted by Gasteiger charge is 2.75. The van der Waals surface area contributed by atoms with Crippen LogP contribution < -0.4 is 11.5 Å². The minimum absolute atomic E-state index is 0.0635. The molecule has 1 aliphatic heterocycles. The first-order chi connectivity index (χ1) is 17.6. The molecule has 5 atom stereocenters. The van der Waals surface area contributed by atoms with Crippen LogP contribution in [0.4, 0.5) is 16.0 Å². The Labute approximate surface area is 218 Å². The van der Waals surface area contributed by atoms with E-state index in [9.17, 15) is 4.39 Å². The van der Waals surface area contributed by atoms with Gasteiger partial charge in [-0.1, -0.05) is 11.6 Å². The number of aryl methyl sites for hydroxylation is 2. The van der Waals surface area contributed by atoms with Crippen LogP contribution in [0.5, 0.6) is 0 Å². The topological polar surface area (TPSA) is 114 Å². The van der Waals surface area contributed by atoms with Crippen LogP contribution >= 0.6 is 11.6 Å². The molecule has 4 aromatic rings. The Morgan fingerprint density at radius 2 is 1.92 bits per heavy atom. The summed E-state index contributed by atoms with van der Waals surface area (Å²) in [5.41, 5.74) is 15.3. The second kappa shape index (κ2) is 7.52. The van der Waals surface area contributed by atoms with Crippen molar-refractivity contribution in [3.05, 3.63) is 52.7 Å². The summed E-state index contributed by atoms with van der Waals surface area (Å²) in [5, 5.41) is 1.48. The van der Waals surface area contributed by atoms with Gasteiger partial charge in [-0.15, -0.1) is 0 Å². The molecule has 8 nitrogen and oxygen atoms in total. The molecular weight excluding hydrogens is 495 g/mol. The van der Waals surface area contributed by atoms with Gasteiger partial charge >= 0.3 is 0 Å². The van der Waals surface area contributed by atoms with Crippen molar-refractivity contribution in [1.29, 1.82) is 0 Å². The van der Waals surface area contributed by atoms with Crippen LogP contribution in [0.2, 0.25) is 5.02 Å². The zero-order valence-corrected chi connectivity index (χ0v) is 21.6. The molecule has 3 fully saturated rings. The number of hydrogen-bond donors (Lipinski definition) is 2. The second-order valence-electron chi connectivity index (χ2n) is 11.2. The van der Waals surface area contributed by atoms with Crippen molar-refractivity contribution in [2.75, 3.05) is 11.5 Å². The van der Waals surface area contributed by atoms with Gasteiger partial charge in [-0.05, 0) is 75.8 Å². The Kier molecular flexibility index (Phi) is 4.70. The molecule has 192 valence electrons. The number of ether oxygens (including phenoxy) is 2. The molecule has 0 radical (unpaired) electrons. The van der Waals surface area contributed by atoms with Crippen molar-refractivity contribution in [3.8, 4) is 0 Å². The first kappa shape index (κ1) is 23.1. The minimum Gasteiger partial charge on any atom is -0.383 e. The zero-order chi connectivity index (χ0) is 25.9. The second-order valence-corrected chi connectivity index (χ2v) is 11.6. The molecule has 4 N–H and O–H groups in total. The normalized spacial score (nSPS) is 29.6. The largest absolute Gasteiger partial charge is 0.383 e. The van der Waals surface area contributed by atoms with E-state index in [-0.39, 0.29) is 40.3 Å². The summed E-state index contributed by atoms with van der Waals surface area (Å²) in [6, 6.07) is 7.13. The molecule has 4 heterocycles. The number of anilines is 2. The third-order valence-corrected chi connectivity index (χ3v) is 8.88. The van der Waals surface area contributed by atoms with E-state index in [0.717, 1.165) is 35.1 Å². The number of pyridine rings is 1. The van der Waals surface area contributed by atoms with E-state index in [1.54, 1.807) is 6.07 Å². The number of hydrogen-bond acceptors (Lipinski definition) is 7. The van der Waals surface area contributed by atoms with E-state index in [0.29, 0.717) is 29.1 Å². The SMILES string of the molecule is Cc1cc2c(N)ncnc2n1[C@H]1[C@@H]2OC(C)(C)O[C@@H]2[C@@]2(CCc3cc(F)c4cc(Cl)c(N)nc4c3)C[C@H]12. The third kappa shape index (κ3) is 3.30. The lowest BCUT2D eigenvalue weighted by molar-refractivity contribution is -0.161. The smallest absolute Gasteiger partial charge is 0.163 e. The average Bonchev–Trinajstić information content (AvgIpc) is 3.20. The molecule has 1 saturated heterocycles. The first-order valence-electron chi connectivity index (χ1n) is 12.6. The summed E-state index contributed by atoms with van der Waals surface area (Å²) in [4.78, 5) is 13.1. The van der Waals surface area contributed by atoms with E-state index in [2.05, 4.69) is 26.4 Å². The molecule has 0 amide bonds. The molecule has 2 aliphatic carbocycles. The Hall–Kier alpha value is -3.01. The Balaban J connectivity index is 1.24.